The summed E-state index contributed by atoms with van der Waals surface area (Å²) in [6.07, 6.45) is 1.86. The van der Waals surface area contributed by atoms with Crippen molar-refractivity contribution in [3.8, 4) is 0 Å². The average Bonchev–Trinajstić information content (AvgIpc) is 2.85. The van der Waals surface area contributed by atoms with Gasteiger partial charge in [0.15, 0.2) is 0 Å². The highest BCUT2D eigenvalue weighted by Gasteiger charge is 2.24. The Balaban J connectivity index is 1.76. The first-order valence-electron chi connectivity index (χ1n) is 7.67. The summed E-state index contributed by atoms with van der Waals surface area (Å²) in [7, 11) is 0. The predicted molar refractivity (Wildman–Crippen MR) is 86.3 cm³/mol. The van der Waals surface area contributed by atoms with Crippen LogP contribution in [-0.4, -0.2) is 24.1 Å². The number of nitrogens with two attached hydrogens (primary N) is 1. The Morgan fingerprint density at radius 1 is 1.14 bits per heavy atom. The van der Waals surface area contributed by atoms with Crippen LogP contribution in [0.15, 0.2) is 42.5 Å². The van der Waals surface area contributed by atoms with Crippen LogP contribution in [0.4, 0.5) is 0 Å². The van der Waals surface area contributed by atoms with E-state index in [0.717, 1.165) is 31.6 Å². The molecule has 1 fully saturated rings. The number of hydrogen-bond acceptors (Lipinski definition) is 3. The SMILES string of the molecule is Cc1cc(Cc2ccccc2)nc(CC2CNCC2N)c1. The van der Waals surface area contributed by atoms with Gasteiger partial charge < -0.3 is 11.1 Å². The quantitative estimate of drug-likeness (QED) is 0.902. The van der Waals surface area contributed by atoms with E-state index in [0.29, 0.717) is 5.92 Å². The van der Waals surface area contributed by atoms with Crippen LogP contribution in [0.25, 0.3) is 0 Å². The molecular weight excluding hydrogens is 258 g/mol. The van der Waals surface area contributed by atoms with Crippen LogP contribution in [0.1, 0.15) is 22.5 Å². The fraction of sp³-hybridized carbons (Fsp3) is 0.389. The lowest BCUT2D eigenvalue weighted by molar-refractivity contribution is 0.505. The second kappa shape index (κ2) is 6.37. The third kappa shape index (κ3) is 3.69. The number of aryl methyl sites for hydroxylation is 1. The maximum atomic E-state index is 6.14. The Kier molecular flexibility index (Phi) is 4.32. The topological polar surface area (TPSA) is 50.9 Å². The third-order valence-corrected chi connectivity index (χ3v) is 4.17. The molecule has 0 saturated carbocycles. The molecule has 2 heterocycles. The molecule has 2 atom stereocenters. The Morgan fingerprint density at radius 2 is 1.90 bits per heavy atom. The summed E-state index contributed by atoms with van der Waals surface area (Å²) in [5, 5.41) is 3.36. The highest BCUT2D eigenvalue weighted by Crippen LogP contribution is 2.16. The fourth-order valence-corrected chi connectivity index (χ4v) is 3.06. The zero-order valence-corrected chi connectivity index (χ0v) is 12.5. The molecular formula is C18H23N3. The van der Waals surface area contributed by atoms with Crippen molar-refractivity contribution in [2.45, 2.75) is 25.8 Å². The zero-order chi connectivity index (χ0) is 14.7. The summed E-state index contributed by atoms with van der Waals surface area (Å²) in [6, 6.07) is 15.1. The second-order valence-electron chi connectivity index (χ2n) is 6.08. The minimum atomic E-state index is 0.255. The van der Waals surface area contributed by atoms with Crippen molar-refractivity contribution in [2.75, 3.05) is 13.1 Å². The lowest BCUT2D eigenvalue weighted by Crippen LogP contribution is -2.30. The summed E-state index contributed by atoms with van der Waals surface area (Å²) < 4.78 is 0. The highest BCUT2D eigenvalue weighted by atomic mass is 15.0. The molecule has 1 saturated heterocycles. The molecule has 1 aromatic carbocycles. The van der Waals surface area contributed by atoms with E-state index < -0.39 is 0 Å². The standard InChI is InChI=1S/C18H23N3/c1-13-7-16(9-14-5-3-2-4-6-14)21-17(8-13)10-15-11-20-12-18(15)19/h2-8,15,18,20H,9-12,19H2,1H3. The molecule has 1 aromatic heterocycles. The fourth-order valence-electron chi connectivity index (χ4n) is 3.06. The van der Waals surface area contributed by atoms with Crippen LogP contribution in [0, 0.1) is 12.8 Å². The van der Waals surface area contributed by atoms with Crippen molar-refractivity contribution >= 4 is 0 Å². The van der Waals surface area contributed by atoms with Gasteiger partial charge in [-0.2, -0.15) is 0 Å². The van der Waals surface area contributed by atoms with Crippen LogP contribution in [0.2, 0.25) is 0 Å². The summed E-state index contributed by atoms with van der Waals surface area (Å²) >= 11 is 0. The Morgan fingerprint density at radius 3 is 2.62 bits per heavy atom. The molecule has 3 nitrogen and oxygen atoms in total. The van der Waals surface area contributed by atoms with Crippen LogP contribution in [0.3, 0.4) is 0 Å². The number of pyridine rings is 1. The molecule has 21 heavy (non-hydrogen) atoms. The van der Waals surface area contributed by atoms with Gasteiger partial charge in [0, 0.05) is 30.4 Å². The van der Waals surface area contributed by atoms with E-state index in [1.807, 2.05) is 6.07 Å². The number of rotatable bonds is 4. The van der Waals surface area contributed by atoms with Gasteiger partial charge in [-0.05, 0) is 49.1 Å². The molecule has 0 spiro atoms. The van der Waals surface area contributed by atoms with Gasteiger partial charge >= 0.3 is 0 Å². The zero-order valence-electron chi connectivity index (χ0n) is 12.5. The third-order valence-electron chi connectivity index (χ3n) is 4.17. The molecule has 3 N–H and O–H groups in total. The molecule has 2 unspecified atom stereocenters. The van der Waals surface area contributed by atoms with E-state index in [1.54, 1.807) is 0 Å². The maximum absolute atomic E-state index is 6.14. The Bertz CT molecular complexity index is 595. The second-order valence-corrected chi connectivity index (χ2v) is 6.08. The molecule has 0 bridgehead atoms. The van der Waals surface area contributed by atoms with Crippen LogP contribution in [0.5, 0.6) is 0 Å². The van der Waals surface area contributed by atoms with Crippen molar-refractivity contribution in [3.05, 3.63) is 65.0 Å². The molecule has 110 valence electrons. The van der Waals surface area contributed by atoms with E-state index in [4.69, 9.17) is 10.7 Å². The van der Waals surface area contributed by atoms with E-state index in [-0.39, 0.29) is 6.04 Å². The van der Waals surface area contributed by atoms with Gasteiger partial charge in [-0.15, -0.1) is 0 Å². The average molecular weight is 281 g/mol. The largest absolute Gasteiger partial charge is 0.326 e. The van der Waals surface area contributed by atoms with Gasteiger partial charge in [0.05, 0.1) is 0 Å². The molecule has 2 aromatic rings. The van der Waals surface area contributed by atoms with Crippen LogP contribution >= 0.6 is 0 Å². The van der Waals surface area contributed by atoms with Gasteiger partial charge in [-0.25, -0.2) is 0 Å². The van der Waals surface area contributed by atoms with Crippen molar-refractivity contribution in [1.29, 1.82) is 0 Å². The number of aromatic nitrogens is 1. The summed E-state index contributed by atoms with van der Waals surface area (Å²) in [5.41, 5.74) is 11.0. The molecule has 3 rings (SSSR count). The summed E-state index contributed by atoms with van der Waals surface area (Å²) in [6.45, 7) is 4.07. The molecule has 0 aliphatic carbocycles. The first kappa shape index (κ1) is 14.2. The number of nitrogens with one attached hydrogen (secondary N) is 1. The highest BCUT2D eigenvalue weighted by molar-refractivity contribution is 5.26. The van der Waals surface area contributed by atoms with E-state index in [9.17, 15) is 0 Å². The number of hydrogen-bond donors (Lipinski definition) is 2. The van der Waals surface area contributed by atoms with Gasteiger partial charge in [0.1, 0.15) is 0 Å². The molecule has 1 aliphatic heterocycles. The molecule has 0 amide bonds. The van der Waals surface area contributed by atoms with E-state index in [1.165, 1.54) is 16.8 Å². The first-order valence-corrected chi connectivity index (χ1v) is 7.67. The Hall–Kier alpha value is -1.71. The van der Waals surface area contributed by atoms with Gasteiger partial charge in [-0.3, -0.25) is 4.98 Å². The predicted octanol–water partition coefficient (Wildman–Crippen LogP) is 2.07. The Labute approximate surface area is 126 Å². The lowest BCUT2D eigenvalue weighted by Gasteiger charge is -2.14. The van der Waals surface area contributed by atoms with Gasteiger partial charge in [-0.1, -0.05) is 30.3 Å². The lowest BCUT2D eigenvalue weighted by atomic mass is 9.97. The van der Waals surface area contributed by atoms with Crippen molar-refractivity contribution in [1.82, 2.24) is 10.3 Å². The van der Waals surface area contributed by atoms with Gasteiger partial charge in [0.2, 0.25) is 0 Å². The summed E-state index contributed by atoms with van der Waals surface area (Å²) in [5.74, 6) is 0.504. The molecule has 1 aliphatic rings. The van der Waals surface area contributed by atoms with Crippen molar-refractivity contribution < 1.29 is 0 Å². The molecule has 0 radical (unpaired) electrons. The van der Waals surface area contributed by atoms with E-state index in [2.05, 4.69) is 48.6 Å². The number of nitrogens with zero attached hydrogens (tertiary/aromatic N) is 1. The van der Waals surface area contributed by atoms with Crippen molar-refractivity contribution in [2.24, 2.45) is 11.7 Å². The smallest absolute Gasteiger partial charge is 0.0453 e. The van der Waals surface area contributed by atoms with Crippen molar-refractivity contribution in [3.63, 3.8) is 0 Å². The van der Waals surface area contributed by atoms with Gasteiger partial charge in [0.25, 0.3) is 0 Å². The minimum absolute atomic E-state index is 0.255. The minimum Gasteiger partial charge on any atom is -0.326 e. The molecule has 3 heteroatoms. The number of benzene rings is 1. The first-order chi connectivity index (χ1) is 10.2. The monoisotopic (exact) mass is 281 g/mol. The maximum Gasteiger partial charge on any atom is 0.0453 e. The summed E-state index contributed by atoms with van der Waals surface area (Å²) in [4.78, 5) is 4.84. The van der Waals surface area contributed by atoms with E-state index >= 15 is 0 Å². The normalized spacial score (nSPS) is 21.6. The van der Waals surface area contributed by atoms with Crippen LogP contribution < -0.4 is 11.1 Å². The van der Waals surface area contributed by atoms with Crippen LogP contribution in [-0.2, 0) is 12.8 Å².